The Hall–Kier alpha value is -1.79. The molecule has 1 aromatic rings. The molecule has 43 heavy (non-hydrogen) atoms. The molecule has 0 saturated heterocycles. The highest BCUT2D eigenvalue weighted by Crippen LogP contribution is 2.41. The number of aliphatic carboxylic acids is 1. The van der Waals surface area contributed by atoms with E-state index >= 15 is 0 Å². The van der Waals surface area contributed by atoms with Gasteiger partial charge >= 0.3 is 17.9 Å². The zero-order chi connectivity index (χ0) is 33.3. The van der Waals surface area contributed by atoms with Gasteiger partial charge in [0.25, 0.3) is 0 Å². The third kappa shape index (κ3) is 26.3. The summed E-state index contributed by atoms with van der Waals surface area (Å²) in [5.41, 5.74) is 1.97. The fraction of sp³-hybridized carbons (Fsp3) is 0.727. The number of rotatable bonds is 14. The minimum absolute atomic E-state index is 0. The second-order valence-electron chi connectivity index (χ2n) is 11.8. The molecule has 0 saturated carbocycles. The lowest BCUT2D eigenvalue weighted by atomic mass is 9.87. The standard InChI is InChI=1S/C22H31IO4.C6H12O2.C4H12N.CH3F.H2O/c1-3-5-7-9-21(24)26-19-13-14-20(27-22(25)10-8-6-4-2)18-15-16(23)11-12-17(18)19;1-2-3-4-5-6(7)8;1-5(2,3)4;1-2;/h11-12,15,19-20H,3-10,13-14H2,1-2H3;2-5H2,1H3,(H,7,8);1-4H3;1H3;1H2/q;;+1;;/p-1/i;;;1D;. The number of carbonyl (C=O) groups is 3. The molecule has 0 aliphatic heterocycles. The maximum atomic E-state index is 12.2. The second-order valence-corrected chi connectivity index (χ2v) is 13.0. The molecule has 0 fully saturated rings. The summed E-state index contributed by atoms with van der Waals surface area (Å²) in [7, 11) is 7.50. The first-order chi connectivity index (χ1) is 20.2. The number of nitrogens with zero attached hydrogens (tertiary/aromatic N) is 1. The molecule has 2 atom stereocenters. The van der Waals surface area contributed by atoms with E-state index in [2.05, 4.69) is 77.6 Å². The Morgan fingerprint density at radius 3 is 1.58 bits per heavy atom. The highest BCUT2D eigenvalue weighted by molar-refractivity contribution is 14.1. The van der Waals surface area contributed by atoms with Crippen molar-refractivity contribution in [1.82, 2.24) is 0 Å². The van der Waals surface area contributed by atoms with E-state index in [9.17, 15) is 18.8 Å². The Morgan fingerprint density at radius 1 is 0.837 bits per heavy atom. The van der Waals surface area contributed by atoms with Crippen LogP contribution in [0.4, 0.5) is 4.39 Å². The molecule has 252 valence electrons. The fourth-order valence-corrected chi connectivity index (χ4v) is 4.49. The number of halogens is 2. The Bertz CT molecular complexity index is 893. The molecule has 0 aromatic heterocycles. The quantitative estimate of drug-likeness (QED) is 0.0880. The van der Waals surface area contributed by atoms with Crippen molar-refractivity contribution in [2.45, 2.75) is 123 Å². The van der Waals surface area contributed by atoms with Gasteiger partial charge in [0.15, 0.2) is 0 Å². The lowest BCUT2D eigenvalue weighted by Crippen LogP contribution is -2.27. The van der Waals surface area contributed by atoms with Gasteiger partial charge in [-0.2, -0.15) is 0 Å². The molecule has 0 amide bonds. The van der Waals surface area contributed by atoms with Crippen molar-refractivity contribution >= 4 is 40.5 Å². The number of fused-ring (bicyclic) bond motifs is 1. The molecular formula is C33H59FINO7. The summed E-state index contributed by atoms with van der Waals surface area (Å²) in [6, 6.07) is 6.08. The van der Waals surface area contributed by atoms with Crippen molar-refractivity contribution in [3.63, 3.8) is 0 Å². The van der Waals surface area contributed by atoms with E-state index < -0.39 is 13.1 Å². The zero-order valence-corrected chi connectivity index (χ0v) is 29.8. The molecule has 1 aromatic carbocycles. The van der Waals surface area contributed by atoms with Crippen molar-refractivity contribution < 1.29 is 44.7 Å². The lowest BCUT2D eigenvalue weighted by molar-refractivity contribution is -0.849. The van der Waals surface area contributed by atoms with E-state index in [-0.39, 0.29) is 29.6 Å². The predicted octanol–water partition coefficient (Wildman–Crippen LogP) is 8.80. The Balaban J connectivity index is -0.000000817. The minimum Gasteiger partial charge on any atom is -0.870 e. The van der Waals surface area contributed by atoms with Crippen molar-refractivity contribution in [2.75, 3.05) is 35.3 Å². The molecule has 2 unspecified atom stereocenters. The minimum atomic E-state index is -1.00. The zero-order valence-electron chi connectivity index (χ0n) is 28.6. The van der Waals surface area contributed by atoms with Gasteiger partial charge < -0.3 is 24.5 Å². The monoisotopic (exact) mass is 728 g/mol. The summed E-state index contributed by atoms with van der Waals surface area (Å²) in [5, 5.41) is 8.14. The van der Waals surface area contributed by atoms with Gasteiger partial charge in [-0.05, 0) is 72.4 Å². The van der Waals surface area contributed by atoms with Crippen LogP contribution in [-0.2, 0) is 23.9 Å². The van der Waals surface area contributed by atoms with Crippen LogP contribution >= 0.6 is 22.6 Å². The highest BCUT2D eigenvalue weighted by Gasteiger charge is 2.31. The van der Waals surface area contributed by atoms with Crippen molar-refractivity contribution in [1.29, 1.82) is 0 Å². The average Bonchev–Trinajstić information content (AvgIpc) is 2.90. The molecule has 2 N–H and O–H groups in total. The number of unbranched alkanes of at least 4 members (excludes halogenated alkanes) is 6. The topological polar surface area (TPSA) is 120 Å². The van der Waals surface area contributed by atoms with Crippen LogP contribution in [-0.4, -0.2) is 68.3 Å². The van der Waals surface area contributed by atoms with Crippen LogP contribution in [0.2, 0.25) is 0 Å². The lowest BCUT2D eigenvalue weighted by Gasteiger charge is -2.31. The van der Waals surface area contributed by atoms with Gasteiger partial charge in [-0.1, -0.05) is 65.4 Å². The van der Waals surface area contributed by atoms with E-state index in [4.69, 9.17) is 16.0 Å². The van der Waals surface area contributed by atoms with Gasteiger partial charge in [0.1, 0.15) is 12.2 Å². The molecule has 2 rings (SSSR count). The van der Waals surface area contributed by atoms with Crippen LogP contribution < -0.4 is 0 Å². The first-order valence-electron chi connectivity index (χ1n) is 16.0. The van der Waals surface area contributed by atoms with Crippen LogP contribution in [0.5, 0.6) is 0 Å². The summed E-state index contributed by atoms with van der Waals surface area (Å²) in [5.74, 6) is -0.945. The maximum absolute atomic E-state index is 12.2. The summed E-state index contributed by atoms with van der Waals surface area (Å²) < 4.78 is 29.1. The molecule has 1 aliphatic carbocycles. The molecule has 10 heteroatoms. The number of carboxylic acid groups (broad SMARTS) is 1. The van der Waals surface area contributed by atoms with E-state index in [0.29, 0.717) is 32.1 Å². The summed E-state index contributed by atoms with van der Waals surface area (Å²) in [6.45, 7) is 6.30. The van der Waals surface area contributed by atoms with Gasteiger partial charge in [-0.15, -0.1) is 0 Å². The molecule has 1 aliphatic rings. The van der Waals surface area contributed by atoms with Crippen LogP contribution in [0.3, 0.4) is 0 Å². The molecular weight excluding hydrogens is 668 g/mol. The van der Waals surface area contributed by atoms with Crippen LogP contribution in [0.25, 0.3) is 0 Å². The third-order valence-corrected chi connectivity index (χ3v) is 6.62. The number of ether oxygens (including phenoxy) is 2. The van der Waals surface area contributed by atoms with Crippen molar-refractivity contribution in [3.05, 3.63) is 32.9 Å². The second kappa shape index (κ2) is 27.7. The van der Waals surface area contributed by atoms with Gasteiger partial charge in [0, 0.05) is 28.4 Å². The number of carbonyl (C=O) groups excluding carboxylic acids is 2. The van der Waals surface area contributed by atoms with Crippen LogP contribution in [0, 0.1) is 3.57 Å². The normalized spacial score (nSPS) is 15.2. The van der Waals surface area contributed by atoms with E-state index in [1.807, 2.05) is 12.1 Å². The van der Waals surface area contributed by atoms with E-state index in [1.54, 1.807) is 0 Å². The summed E-state index contributed by atoms with van der Waals surface area (Å²) in [6.07, 6.45) is 11.2. The number of esters is 2. The maximum Gasteiger partial charge on any atom is 0.306 e. The number of quaternary nitrogens is 1. The fourth-order valence-electron chi connectivity index (χ4n) is 3.98. The van der Waals surface area contributed by atoms with Crippen molar-refractivity contribution in [3.8, 4) is 0 Å². The Kier molecular flexibility index (Phi) is 28.0. The van der Waals surface area contributed by atoms with Gasteiger partial charge in [-0.3, -0.25) is 18.8 Å². The Labute approximate surface area is 275 Å². The molecule has 0 heterocycles. The molecule has 0 spiro atoms. The smallest absolute Gasteiger partial charge is 0.306 e. The average molecular weight is 729 g/mol. The van der Waals surface area contributed by atoms with E-state index in [1.165, 1.54) is 0 Å². The predicted molar refractivity (Wildman–Crippen MR) is 179 cm³/mol. The van der Waals surface area contributed by atoms with Gasteiger partial charge in [0.05, 0.1) is 36.7 Å². The van der Waals surface area contributed by atoms with E-state index in [0.717, 1.165) is 77.0 Å². The third-order valence-electron chi connectivity index (χ3n) is 5.94. The van der Waals surface area contributed by atoms with Gasteiger partial charge in [-0.25, -0.2) is 0 Å². The number of carboxylic acids is 1. The summed E-state index contributed by atoms with van der Waals surface area (Å²) in [4.78, 5) is 34.2. The molecule has 0 radical (unpaired) electrons. The van der Waals surface area contributed by atoms with Crippen LogP contribution in [0.1, 0.15) is 135 Å². The number of benzene rings is 1. The van der Waals surface area contributed by atoms with Gasteiger partial charge in [0.2, 0.25) is 0 Å². The molecule has 8 nitrogen and oxygen atoms in total. The largest absolute Gasteiger partial charge is 0.870 e. The first kappa shape index (κ1) is 43.3. The van der Waals surface area contributed by atoms with Crippen LogP contribution in [0.15, 0.2) is 18.2 Å². The summed E-state index contributed by atoms with van der Waals surface area (Å²) >= 11 is 2.26. The number of hydrogen-bond donors (Lipinski definition) is 1. The van der Waals surface area contributed by atoms with Crippen molar-refractivity contribution in [2.24, 2.45) is 0 Å². The first-order valence-corrected chi connectivity index (χ1v) is 16.4. The number of hydrogen-bond acceptors (Lipinski definition) is 6. The molecule has 0 bridgehead atoms. The Morgan fingerprint density at radius 2 is 1.21 bits per heavy atom. The SMILES string of the molecule is CCCCCC(=O)O.CCCCCC(=O)OC1CCC(OC(=O)CCCCC)c2cc(I)ccc21.C[N+](C)(C)C.[2H]CF.[OH-]. The highest BCUT2D eigenvalue weighted by atomic mass is 127. The number of alkyl halides is 1.